The van der Waals surface area contributed by atoms with E-state index in [9.17, 15) is 4.79 Å². The van der Waals surface area contributed by atoms with Gasteiger partial charge in [-0.05, 0) is 21.0 Å². The van der Waals surface area contributed by atoms with Gasteiger partial charge in [-0.1, -0.05) is 0 Å². The van der Waals surface area contributed by atoms with E-state index >= 15 is 0 Å². The summed E-state index contributed by atoms with van der Waals surface area (Å²) in [5, 5.41) is 0. The highest BCUT2D eigenvalue weighted by Gasteiger charge is 2.05. The van der Waals surface area contributed by atoms with Gasteiger partial charge in [0, 0.05) is 6.54 Å². The summed E-state index contributed by atoms with van der Waals surface area (Å²) in [5.74, 6) is 0. The number of rotatable bonds is 3. The number of hydrogen-bond acceptors (Lipinski definition) is 3. The van der Waals surface area contributed by atoms with Crippen molar-refractivity contribution in [2.45, 2.75) is 13.0 Å². The van der Waals surface area contributed by atoms with Gasteiger partial charge in [0.05, 0.1) is 0 Å². The topological polar surface area (TPSA) is 55.6 Å². The van der Waals surface area contributed by atoms with Crippen molar-refractivity contribution in [1.82, 2.24) is 4.90 Å². The molecular weight excluding hydrogens is 132 g/mol. The Kier molecular flexibility index (Phi) is 3.79. The predicted molar refractivity (Wildman–Crippen MR) is 38.7 cm³/mol. The fourth-order valence-corrected chi connectivity index (χ4v) is 0.750. The Labute approximate surface area is 60.9 Å². The average molecular weight is 146 g/mol. The maximum Gasteiger partial charge on any atom is 0.404 e. The Morgan fingerprint density at radius 3 is 2.50 bits per heavy atom. The molecule has 4 heteroatoms. The molecule has 0 aromatic carbocycles. The zero-order valence-electron chi connectivity index (χ0n) is 6.63. The van der Waals surface area contributed by atoms with Crippen LogP contribution in [0.25, 0.3) is 0 Å². The van der Waals surface area contributed by atoms with Crippen molar-refractivity contribution in [2.75, 3.05) is 20.6 Å². The van der Waals surface area contributed by atoms with Crippen molar-refractivity contribution in [3.8, 4) is 0 Å². The molecule has 0 aliphatic heterocycles. The predicted octanol–water partition coefficient (Wildman–Crippen LogP) is 0.0318. The van der Waals surface area contributed by atoms with E-state index in [1.54, 1.807) is 6.92 Å². The van der Waals surface area contributed by atoms with Crippen molar-refractivity contribution in [3.63, 3.8) is 0 Å². The van der Waals surface area contributed by atoms with Crippen LogP contribution >= 0.6 is 0 Å². The molecule has 0 unspecified atom stereocenters. The minimum Gasteiger partial charge on any atom is -0.445 e. The number of ether oxygens (including phenoxy) is 1. The van der Waals surface area contributed by atoms with Crippen LogP contribution in [0.2, 0.25) is 0 Å². The Morgan fingerprint density at radius 2 is 2.20 bits per heavy atom. The number of carbonyl (C=O) groups excluding carboxylic acids is 1. The van der Waals surface area contributed by atoms with Crippen LogP contribution in [-0.4, -0.2) is 37.7 Å². The molecule has 0 bridgehead atoms. The van der Waals surface area contributed by atoms with Gasteiger partial charge in [-0.15, -0.1) is 0 Å². The highest BCUT2D eigenvalue weighted by atomic mass is 16.6. The van der Waals surface area contributed by atoms with Gasteiger partial charge in [-0.3, -0.25) is 0 Å². The van der Waals surface area contributed by atoms with Gasteiger partial charge in [0.25, 0.3) is 0 Å². The third-order valence-electron chi connectivity index (χ3n) is 0.940. The summed E-state index contributed by atoms with van der Waals surface area (Å²) in [7, 11) is 3.81. The minimum absolute atomic E-state index is 0.132. The van der Waals surface area contributed by atoms with E-state index in [2.05, 4.69) is 4.74 Å². The first-order valence-corrected chi connectivity index (χ1v) is 3.13. The molecule has 0 radical (unpaired) electrons. The van der Waals surface area contributed by atoms with E-state index in [0.29, 0.717) is 6.54 Å². The Balaban J connectivity index is 3.43. The molecule has 0 heterocycles. The van der Waals surface area contributed by atoms with Gasteiger partial charge in [-0.2, -0.15) is 0 Å². The van der Waals surface area contributed by atoms with Crippen LogP contribution in [0, 0.1) is 0 Å². The van der Waals surface area contributed by atoms with Crippen molar-refractivity contribution in [2.24, 2.45) is 5.73 Å². The van der Waals surface area contributed by atoms with E-state index < -0.39 is 6.09 Å². The van der Waals surface area contributed by atoms with E-state index in [0.717, 1.165) is 0 Å². The second-order valence-electron chi connectivity index (χ2n) is 2.51. The third kappa shape index (κ3) is 5.37. The summed E-state index contributed by atoms with van der Waals surface area (Å²) in [4.78, 5) is 12.1. The molecule has 0 aromatic heterocycles. The number of likely N-dealkylation sites (N-methyl/N-ethyl adjacent to an activating group) is 1. The van der Waals surface area contributed by atoms with Gasteiger partial charge < -0.3 is 15.4 Å². The number of nitrogens with two attached hydrogens (primary N) is 1. The van der Waals surface area contributed by atoms with Gasteiger partial charge in [-0.25, -0.2) is 4.79 Å². The standard InChI is InChI=1S/C6H14N2O2/c1-5(4-8(2)3)10-6(7)9/h5H,4H2,1-3H3,(H2,7,9)/t5-/m0/s1. The van der Waals surface area contributed by atoms with Crippen LogP contribution in [-0.2, 0) is 4.74 Å². The lowest BCUT2D eigenvalue weighted by molar-refractivity contribution is 0.0990. The molecule has 0 aromatic rings. The molecule has 0 saturated carbocycles. The average Bonchev–Trinajstić information content (AvgIpc) is 1.58. The lowest BCUT2D eigenvalue weighted by atomic mass is 10.4. The normalized spacial score (nSPS) is 13.2. The smallest absolute Gasteiger partial charge is 0.404 e. The Bertz CT molecular complexity index is 114. The Hall–Kier alpha value is -0.770. The zero-order chi connectivity index (χ0) is 8.15. The monoisotopic (exact) mass is 146 g/mol. The van der Waals surface area contributed by atoms with Crippen molar-refractivity contribution < 1.29 is 9.53 Å². The highest BCUT2D eigenvalue weighted by molar-refractivity contribution is 5.64. The van der Waals surface area contributed by atoms with Crippen LogP contribution in [0.15, 0.2) is 0 Å². The molecule has 0 fully saturated rings. The highest BCUT2D eigenvalue weighted by Crippen LogP contribution is 1.90. The fraction of sp³-hybridized carbons (Fsp3) is 0.833. The third-order valence-corrected chi connectivity index (χ3v) is 0.940. The van der Waals surface area contributed by atoms with Gasteiger partial charge in [0.15, 0.2) is 0 Å². The molecule has 1 atom stereocenters. The summed E-state index contributed by atoms with van der Waals surface area (Å²) < 4.78 is 4.66. The second kappa shape index (κ2) is 4.11. The molecule has 0 rings (SSSR count). The van der Waals surface area contributed by atoms with Gasteiger partial charge in [0.2, 0.25) is 0 Å². The van der Waals surface area contributed by atoms with Crippen molar-refractivity contribution in [3.05, 3.63) is 0 Å². The summed E-state index contributed by atoms with van der Waals surface area (Å²) in [6.07, 6.45) is -0.846. The molecule has 4 nitrogen and oxygen atoms in total. The first-order chi connectivity index (χ1) is 4.52. The van der Waals surface area contributed by atoms with Crippen LogP contribution in [0.3, 0.4) is 0 Å². The molecule has 2 N–H and O–H groups in total. The molecule has 1 amide bonds. The van der Waals surface area contributed by atoms with Crippen LogP contribution in [0.4, 0.5) is 4.79 Å². The van der Waals surface area contributed by atoms with E-state index in [-0.39, 0.29) is 6.10 Å². The van der Waals surface area contributed by atoms with E-state index in [1.165, 1.54) is 0 Å². The van der Waals surface area contributed by atoms with Crippen molar-refractivity contribution >= 4 is 6.09 Å². The molecule has 0 aliphatic carbocycles. The minimum atomic E-state index is -0.714. The summed E-state index contributed by atoms with van der Waals surface area (Å²) >= 11 is 0. The number of nitrogens with zero attached hydrogens (tertiary/aromatic N) is 1. The van der Waals surface area contributed by atoms with Crippen LogP contribution in [0.1, 0.15) is 6.92 Å². The van der Waals surface area contributed by atoms with Crippen LogP contribution in [0.5, 0.6) is 0 Å². The maximum absolute atomic E-state index is 10.2. The van der Waals surface area contributed by atoms with Crippen molar-refractivity contribution in [1.29, 1.82) is 0 Å². The summed E-state index contributed by atoms with van der Waals surface area (Å²) in [6.45, 7) is 2.49. The lowest BCUT2D eigenvalue weighted by Crippen LogP contribution is -2.29. The second-order valence-corrected chi connectivity index (χ2v) is 2.51. The summed E-state index contributed by atoms with van der Waals surface area (Å²) in [6, 6.07) is 0. The lowest BCUT2D eigenvalue weighted by Gasteiger charge is -2.15. The number of hydrogen-bond donors (Lipinski definition) is 1. The first-order valence-electron chi connectivity index (χ1n) is 3.13. The van der Waals surface area contributed by atoms with Gasteiger partial charge >= 0.3 is 6.09 Å². The molecular formula is C6H14N2O2. The van der Waals surface area contributed by atoms with Crippen LogP contribution < -0.4 is 5.73 Å². The number of primary amides is 1. The SMILES string of the molecule is C[C@@H](CN(C)C)OC(N)=O. The number of amides is 1. The molecule has 0 saturated heterocycles. The maximum atomic E-state index is 10.2. The summed E-state index contributed by atoms with van der Waals surface area (Å²) in [5.41, 5.74) is 4.79. The van der Waals surface area contributed by atoms with E-state index in [1.807, 2.05) is 19.0 Å². The van der Waals surface area contributed by atoms with Gasteiger partial charge in [0.1, 0.15) is 6.10 Å². The largest absolute Gasteiger partial charge is 0.445 e. The fourth-order valence-electron chi connectivity index (χ4n) is 0.750. The zero-order valence-corrected chi connectivity index (χ0v) is 6.63. The Morgan fingerprint density at radius 1 is 1.70 bits per heavy atom. The molecule has 60 valence electrons. The number of carbonyl (C=O) groups is 1. The first kappa shape index (κ1) is 9.23. The molecule has 0 spiro atoms. The molecule has 10 heavy (non-hydrogen) atoms. The molecule has 0 aliphatic rings. The quantitative estimate of drug-likeness (QED) is 0.611. The van der Waals surface area contributed by atoms with E-state index in [4.69, 9.17) is 5.73 Å².